The van der Waals surface area contributed by atoms with Gasteiger partial charge in [-0.25, -0.2) is 9.59 Å². The van der Waals surface area contributed by atoms with Crippen molar-refractivity contribution in [2.75, 3.05) is 32.1 Å². The van der Waals surface area contributed by atoms with Crippen LogP contribution in [-0.2, 0) is 39.9 Å². The molecular formula is C27H30N4O9. The molecule has 0 bridgehead atoms. The summed E-state index contributed by atoms with van der Waals surface area (Å²) in [4.78, 5) is 74.4. The van der Waals surface area contributed by atoms with Gasteiger partial charge in [-0.1, -0.05) is 30.3 Å². The summed E-state index contributed by atoms with van der Waals surface area (Å²) in [5, 5.41) is 16.4. The second-order valence-electron chi connectivity index (χ2n) is 8.87. The fraction of sp³-hybridized carbons (Fsp3) is 0.333. The summed E-state index contributed by atoms with van der Waals surface area (Å²) in [5.41, 5.74) is 1.15. The molecule has 0 spiro atoms. The van der Waals surface area contributed by atoms with Crippen LogP contribution in [0.2, 0.25) is 0 Å². The molecule has 40 heavy (non-hydrogen) atoms. The number of amides is 4. The molecule has 0 unspecified atom stereocenters. The summed E-state index contributed by atoms with van der Waals surface area (Å²) < 4.78 is 9.52. The molecule has 1 fully saturated rings. The van der Waals surface area contributed by atoms with E-state index in [1.807, 2.05) is 0 Å². The maximum absolute atomic E-state index is 13.1. The van der Waals surface area contributed by atoms with Crippen LogP contribution < -0.4 is 20.7 Å². The molecule has 0 aliphatic carbocycles. The van der Waals surface area contributed by atoms with Crippen LogP contribution in [0.25, 0.3) is 0 Å². The summed E-state index contributed by atoms with van der Waals surface area (Å²) in [6.45, 7) is -0.694. The van der Waals surface area contributed by atoms with E-state index in [9.17, 15) is 28.8 Å². The van der Waals surface area contributed by atoms with Gasteiger partial charge in [0.15, 0.2) is 6.61 Å². The maximum atomic E-state index is 13.1. The van der Waals surface area contributed by atoms with E-state index in [2.05, 4.69) is 20.7 Å². The lowest BCUT2D eigenvalue weighted by Gasteiger charge is -2.25. The van der Waals surface area contributed by atoms with Gasteiger partial charge >= 0.3 is 17.8 Å². The van der Waals surface area contributed by atoms with Gasteiger partial charge in [0.2, 0.25) is 17.7 Å². The van der Waals surface area contributed by atoms with Crippen LogP contribution in [0.5, 0.6) is 5.75 Å². The minimum Gasteiger partial charge on any atom is -0.482 e. The van der Waals surface area contributed by atoms with Crippen molar-refractivity contribution in [3.8, 4) is 5.75 Å². The van der Waals surface area contributed by atoms with Gasteiger partial charge in [-0.15, -0.1) is 0 Å². The number of carbonyl (C=O) groups is 6. The Kier molecular flexibility index (Phi) is 10.6. The Hall–Kier alpha value is -4.94. The van der Waals surface area contributed by atoms with Crippen molar-refractivity contribution in [2.45, 2.75) is 31.3 Å². The van der Waals surface area contributed by atoms with E-state index in [4.69, 9.17) is 9.84 Å². The number of benzene rings is 2. The fourth-order valence-corrected chi connectivity index (χ4v) is 4.09. The van der Waals surface area contributed by atoms with E-state index in [0.29, 0.717) is 24.3 Å². The first-order chi connectivity index (χ1) is 19.2. The highest BCUT2D eigenvalue weighted by atomic mass is 16.5. The van der Waals surface area contributed by atoms with Gasteiger partial charge in [0, 0.05) is 18.7 Å². The predicted molar refractivity (Wildman–Crippen MR) is 140 cm³/mol. The molecular weight excluding hydrogens is 524 g/mol. The molecule has 0 aromatic heterocycles. The second kappa shape index (κ2) is 14.3. The molecule has 212 valence electrons. The van der Waals surface area contributed by atoms with E-state index >= 15 is 0 Å². The zero-order chi connectivity index (χ0) is 29.1. The standard InChI is InChI=1S/C27H30N4O9/c1-39-27(38)26(37)31-13-5-8-21(31)25(36)30-20(14-17-6-3-2-4-7-17)24(35)28-15-22(32)29-18-9-11-19(12-10-18)40-16-23(33)34/h2-4,6-7,9-12,20-21H,5,8,13-16H2,1H3,(H,28,35)(H,29,32)(H,30,36)(H,33,34)/t20-,21+/m1/s1. The predicted octanol–water partition coefficient (Wildman–Crippen LogP) is 0.0962. The normalized spacial score (nSPS) is 14.9. The molecule has 1 aliphatic heterocycles. The van der Waals surface area contributed by atoms with Gasteiger partial charge < -0.3 is 35.4 Å². The lowest BCUT2D eigenvalue weighted by atomic mass is 10.0. The van der Waals surface area contributed by atoms with Crippen LogP contribution in [0, 0.1) is 0 Å². The molecule has 2 aromatic carbocycles. The molecule has 1 saturated heterocycles. The number of ether oxygens (including phenoxy) is 2. The first-order valence-electron chi connectivity index (χ1n) is 12.4. The highest BCUT2D eigenvalue weighted by Crippen LogP contribution is 2.19. The summed E-state index contributed by atoms with van der Waals surface area (Å²) in [7, 11) is 1.08. The zero-order valence-corrected chi connectivity index (χ0v) is 21.8. The summed E-state index contributed by atoms with van der Waals surface area (Å²) in [6, 6.07) is 12.9. The first-order valence-corrected chi connectivity index (χ1v) is 12.4. The van der Waals surface area contributed by atoms with Crippen molar-refractivity contribution >= 4 is 41.3 Å². The average Bonchev–Trinajstić information content (AvgIpc) is 3.45. The molecule has 13 heteroatoms. The molecule has 0 radical (unpaired) electrons. The van der Waals surface area contributed by atoms with Crippen LogP contribution in [0.1, 0.15) is 18.4 Å². The number of esters is 1. The Balaban J connectivity index is 1.61. The SMILES string of the molecule is COC(=O)C(=O)N1CCC[C@H]1C(=O)N[C@H](Cc1ccccc1)C(=O)NCC(=O)Nc1ccc(OCC(=O)O)cc1. The first kappa shape index (κ1) is 29.6. The molecule has 2 atom stereocenters. The van der Waals surface area contributed by atoms with Crippen molar-refractivity contribution in [1.82, 2.24) is 15.5 Å². The second-order valence-corrected chi connectivity index (χ2v) is 8.87. The van der Waals surface area contributed by atoms with Crippen LogP contribution in [0.3, 0.4) is 0 Å². The Labute approximate surface area is 229 Å². The highest BCUT2D eigenvalue weighted by Gasteiger charge is 2.38. The minimum atomic E-state index is -1.12. The molecule has 4 amide bonds. The monoisotopic (exact) mass is 554 g/mol. The summed E-state index contributed by atoms with van der Waals surface area (Å²) in [5.74, 6) is -4.57. The van der Waals surface area contributed by atoms with Gasteiger partial charge in [0.25, 0.3) is 0 Å². The number of hydrogen-bond donors (Lipinski definition) is 4. The zero-order valence-electron chi connectivity index (χ0n) is 21.8. The maximum Gasteiger partial charge on any atom is 0.396 e. The molecule has 0 saturated carbocycles. The number of hydrogen-bond acceptors (Lipinski definition) is 8. The molecule has 4 N–H and O–H groups in total. The third kappa shape index (κ3) is 8.55. The van der Waals surface area contributed by atoms with E-state index in [1.54, 1.807) is 30.3 Å². The Morgan fingerprint density at radius 2 is 1.73 bits per heavy atom. The summed E-state index contributed by atoms with van der Waals surface area (Å²) >= 11 is 0. The Morgan fingerprint density at radius 3 is 2.38 bits per heavy atom. The van der Waals surface area contributed by atoms with Gasteiger partial charge in [-0.2, -0.15) is 0 Å². The largest absolute Gasteiger partial charge is 0.482 e. The van der Waals surface area contributed by atoms with Crippen molar-refractivity contribution in [3.63, 3.8) is 0 Å². The lowest BCUT2D eigenvalue weighted by Crippen LogP contribution is -2.55. The highest BCUT2D eigenvalue weighted by molar-refractivity contribution is 6.32. The minimum absolute atomic E-state index is 0.121. The van der Waals surface area contributed by atoms with E-state index in [0.717, 1.165) is 17.6 Å². The average molecular weight is 555 g/mol. The number of nitrogens with one attached hydrogen (secondary N) is 3. The number of nitrogens with zero attached hydrogens (tertiary/aromatic N) is 1. The number of carboxylic acids is 1. The van der Waals surface area contributed by atoms with E-state index in [-0.39, 0.29) is 13.0 Å². The Bertz CT molecular complexity index is 1230. The van der Waals surface area contributed by atoms with Crippen LogP contribution >= 0.6 is 0 Å². The number of aliphatic carboxylic acids is 1. The lowest BCUT2D eigenvalue weighted by molar-refractivity contribution is -0.159. The van der Waals surface area contributed by atoms with Crippen LogP contribution in [-0.4, -0.2) is 84.5 Å². The van der Waals surface area contributed by atoms with Crippen molar-refractivity contribution in [2.24, 2.45) is 0 Å². The molecule has 1 aliphatic rings. The third-order valence-corrected chi connectivity index (χ3v) is 6.02. The quantitative estimate of drug-likeness (QED) is 0.221. The van der Waals surface area contributed by atoms with Crippen molar-refractivity contribution in [3.05, 3.63) is 60.2 Å². The van der Waals surface area contributed by atoms with E-state index in [1.165, 1.54) is 24.3 Å². The van der Waals surface area contributed by atoms with Gasteiger partial charge in [-0.05, 0) is 42.7 Å². The Morgan fingerprint density at radius 1 is 1.02 bits per heavy atom. The fourth-order valence-electron chi connectivity index (χ4n) is 4.09. The third-order valence-electron chi connectivity index (χ3n) is 6.02. The van der Waals surface area contributed by atoms with Crippen molar-refractivity contribution in [1.29, 1.82) is 0 Å². The van der Waals surface area contributed by atoms with Gasteiger partial charge in [0.1, 0.15) is 17.8 Å². The number of likely N-dealkylation sites (tertiary alicyclic amines) is 1. The number of carbonyl (C=O) groups excluding carboxylic acids is 5. The molecule has 13 nitrogen and oxygen atoms in total. The smallest absolute Gasteiger partial charge is 0.396 e. The van der Waals surface area contributed by atoms with Crippen LogP contribution in [0.4, 0.5) is 5.69 Å². The van der Waals surface area contributed by atoms with Crippen LogP contribution in [0.15, 0.2) is 54.6 Å². The molecule has 3 rings (SSSR count). The van der Waals surface area contributed by atoms with E-state index < -0.39 is 60.8 Å². The molecule has 1 heterocycles. The van der Waals surface area contributed by atoms with Gasteiger partial charge in [-0.3, -0.25) is 19.2 Å². The summed E-state index contributed by atoms with van der Waals surface area (Å²) in [6.07, 6.45) is 0.940. The number of methoxy groups -OCH3 is 1. The van der Waals surface area contributed by atoms with Crippen molar-refractivity contribution < 1.29 is 43.3 Å². The number of anilines is 1. The number of carboxylic acid groups (broad SMARTS) is 1. The molecule has 2 aromatic rings. The number of rotatable bonds is 11. The topological polar surface area (TPSA) is 180 Å². The van der Waals surface area contributed by atoms with Gasteiger partial charge in [0.05, 0.1) is 13.7 Å².